The lowest BCUT2D eigenvalue weighted by Crippen LogP contribution is -2.12. The van der Waals surface area contributed by atoms with Crippen LogP contribution in [0, 0.1) is 6.92 Å². The maximum Gasteiger partial charge on any atom is 0.255 e. The number of carbonyl (C=O) groups is 1. The number of carbonyl (C=O) groups excluding carboxylic acids is 1. The molecule has 0 aliphatic rings. The van der Waals surface area contributed by atoms with Gasteiger partial charge in [-0.2, -0.15) is 0 Å². The summed E-state index contributed by atoms with van der Waals surface area (Å²) in [6.07, 6.45) is 3.14. The van der Waals surface area contributed by atoms with Crippen molar-refractivity contribution in [3.05, 3.63) is 53.1 Å². The molecule has 0 atom stereocenters. The number of aryl methyl sites for hydroxylation is 1. The van der Waals surface area contributed by atoms with Crippen LogP contribution in [0.2, 0.25) is 5.15 Å². The van der Waals surface area contributed by atoms with Crippen LogP contribution in [-0.2, 0) is 0 Å². The third-order valence-electron chi connectivity index (χ3n) is 2.14. The maximum atomic E-state index is 11.9. The van der Waals surface area contributed by atoms with Crippen LogP contribution in [-0.4, -0.2) is 15.9 Å². The van der Waals surface area contributed by atoms with Crippen molar-refractivity contribution >= 4 is 23.2 Å². The molecule has 0 saturated carbocycles. The number of aromatic nitrogens is 2. The van der Waals surface area contributed by atoms with Gasteiger partial charge in [-0.3, -0.25) is 9.78 Å². The average Bonchev–Trinajstić information content (AvgIpc) is 2.29. The Bertz CT molecular complexity index is 557. The van der Waals surface area contributed by atoms with Gasteiger partial charge in [0.2, 0.25) is 0 Å². The van der Waals surface area contributed by atoms with Gasteiger partial charge in [-0.25, -0.2) is 4.98 Å². The molecule has 2 aromatic rings. The second-order valence-electron chi connectivity index (χ2n) is 3.51. The molecule has 2 rings (SSSR count). The van der Waals surface area contributed by atoms with E-state index in [4.69, 9.17) is 11.6 Å². The van der Waals surface area contributed by atoms with Crippen molar-refractivity contribution in [1.82, 2.24) is 9.97 Å². The van der Waals surface area contributed by atoms with Crippen LogP contribution in [0.1, 0.15) is 16.1 Å². The molecule has 4 nitrogen and oxygen atoms in total. The molecule has 17 heavy (non-hydrogen) atoms. The van der Waals surface area contributed by atoms with Gasteiger partial charge in [-0.15, -0.1) is 0 Å². The zero-order valence-electron chi connectivity index (χ0n) is 9.14. The zero-order chi connectivity index (χ0) is 12.3. The topological polar surface area (TPSA) is 54.9 Å². The van der Waals surface area contributed by atoms with Crippen LogP contribution in [0.5, 0.6) is 0 Å². The van der Waals surface area contributed by atoms with Crippen LogP contribution < -0.4 is 5.32 Å². The van der Waals surface area contributed by atoms with Gasteiger partial charge < -0.3 is 5.32 Å². The Morgan fingerprint density at radius 2 is 2.00 bits per heavy atom. The monoisotopic (exact) mass is 247 g/mol. The highest BCUT2D eigenvalue weighted by atomic mass is 35.5. The van der Waals surface area contributed by atoms with Crippen LogP contribution in [0.3, 0.4) is 0 Å². The summed E-state index contributed by atoms with van der Waals surface area (Å²) in [7, 11) is 0. The van der Waals surface area contributed by atoms with E-state index in [1.807, 2.05) is 6.92 Å². The van der Waals surface area contributed by atoms with Crippen molar-refractivity contribution < 1.29 is 4.79 Å². The van der Waals surface area contributed by atoms with E-state index >= 15 is 0 Å². The van der Waals surface area contributed by atoms with Crippen LogP contribution in [0.25, 0.3) is 0 Å². The Kier molecular flexibility index (Phi) is 3.35. The van der Waals surface area contributed by atoms with Crippen molar-refractivity contribution in [1.29, 1.82) is 0 Å². The molecule has 5 heteroatoms. The first-order chi connectivity index (χ1) is 8.15. The predicted octanol–water partition coefficient (Wildman–Crippen LogP) is 2.69. The number of hydrogen-bond donors (Lipinski definition) is 1. The summed E-state index contributed by atoms with van der Waals surface area (Å²) in [4.78, 5) is 19.7. The second-order valence-corrected chi connectivity index (χ2v) is 3.89. The number of halogens is 1. The van der Waals surface area contributed by atoms with Gasteiger partial charge >= 0.3 is 0 Å². The number of pyridine rings is 2. The molecule has 2 aromatic heterocycles. The smallest absolute Gasteiger partial charge is 0.255 e. The predicted molar refractivity (Wildman–Crippen MR) is 66.2 cm³/mol. The average molecular weight is 248 g/mol. The molecule has 1 amide bonds. The first-order valence-electron chi connectivity index (χ1n) is 5.01. The van der Waals surface area contributed by atoms with Crippen molar-refractivity contribution in [2.75, 3.05) is 5.32 Å². The summed E-state index contributed by atoms with van der Waals surface area (Å²) in [5.41, 5.74) is 2.02. The maximum absolute atomic E-state index is 11.9. The van der Waals surface area contributed by atoms with E-state index in [0.717, 1.165) is 5.69 Å². The van der Waals surface area contributed by atoms with Crippen molar-refractivity contribution in [2.45, 2.75) is 6.92 Å². The highest BCUT2D eigenvalue weighted by molar-refractivity contribution is 6.29. The van der Waals surface area contributed by atoms with Gasteiger partial charge in [0.1, 0.15) is 5.15 Å². The molecular weight excluding hydrogens is 238 g/mol. The summed E-state index contributed by atoms with van der Waals surface area (Å²) >= 11 is 5.72. The lowest BCUT2D eigenvalue weighted by molar-refractivity contribution is 0.102. The van der Waals surface area contributed by atoms with Gasteiger partial charge in [0, 0.05) is 29.3 Å². The van der Waals surface area contributed by atoms with Crippen LogP contribution in [0.4, 0.5) is 5.69 Å². The molecule has 0 spiro atoms. The first-order valence-corrected chi connectivity index (χ1v) is 5.38. The minimum absolute atomic E-state index is 0.222. The minimum atomic E-state index is -0.222. The molecule has 0 fully saturated rings. The van der Waals surface area contributed by atoms with Crippen molar-refractivity contribution in [3.63, 3.8) is 0 Å². The number of nitrogens with zero attached hydrogens (tertiary/aromatic N) is 2. The minimum Gasteiger partial charge on any atom is -0.322 e. The molecule has 0 saturated heterocycles. The van der Waals surface area contributed by atoms with E-state index in [2.05, 4.69) is 15.3 Å². The number of amides is 1. The lowest BCUT2D eigenvalue weighted by Gasteiger charge is -2.05. The Labute approximate surface area is 104 Å². The highest BCUT2D eigenvalue weighted by Crippen LogP contribution is 2.11. The molecule has 1 N–H and O–H groups in total. The lowest BCUT2D eigenvalue weighted by atomic mass is 10.2. The quantitative estimate of drug-likeness (QED) is 0.830. The second kappa shape index (κ2) is 4.93. The van der Waals surface area contributed by atoms with E-state index in [1.165, 1.54) is 12.3 Å². The van der Waals surface area contributed by atoms with Crippen molar-refractivity contribution in [3.8, 4) is 0 Å². The Morgan fingerprint density at radius 3 is 2.71 bits per heavy atom. The number of rotatable bonds is 2. The van der Waals surface area contributed by atoms with Gasteiger partial charge in [-0.1, -0.05) is 11.6 Å². The fourth-order valence-electron chi connectivity index (χ4n) is 1.37. The summed E-state index contributed by atoms with van der Waals surface area (Å²) in [6.45, 7) is 1.86. The normalized spacial score (nSPS) is 10.0. The van der Waals surface area contributed by atoms with Crippen LogP contribution in [0.15, 0.2) is 36.7 Å². The third-order valence-corrected chi connectivity index (χ3v) is 2.35. The molecule has 0 aliphatic heterocycles. The molecule has 0 aliphatic carbocycles. The molecule has 0 aromatic carbocycles. The van der Waals surface area contributed by atoms with Gasteiger partial charge in [-0.05, 0) is 31.2 Å². The van der Waals surface area contributed by atoms with Crippen molar-refractivity contribution in [2.24, 2.45) is 0 Å². The standard InChI is InChI=1S/C12H10ClN3O/c1-8-6-10(3-5-14-8)16-12(17)9-2-4-15-11(13)7-9/h2-7H,1H3,(H,14,16,17). The summed E-state index contributed by atoms with van der Waals surface area (Å²) in [5, 5.41) is 3.06. The van der Waals surface area contributed by atoms with E-state index in [1.54, 1.807) is 24.4 Å². The summed E-state index contributed by atoms with van der Waals surface area (Å²) < 4.78 is 0. The van der Waals surface area contributed by atoms with Gasteiger partial charge in [0.05, 0.1) is 0 Å². The Balaban J connectivity index is 2.17. The summed E-state index contributed by atoms with van der Waals surface area (Å²) in [5.74, 6) is -0.222. The molecule has 86 valence electrons. The zero-order valence-corrected chi connectivity index (χ0v) is 9.90. The SMILES string of the molecule is Cc1cc(NC(=O)c2ccnc(Cl)c2)ccn1. The van der Waals surface area contributed by atoms with E-state index in [-0.39, 0.29) is 5.91 Å². The third kappa shape index (κ3) is 3.01. The number of nitrogens with one attached hydrogen (secondary N) is 1. The van der Waals surface area contributed by atoms with E-state index in [0.29, 0.717) is 16.4 Å². The fraction of sp³-hybridized carbons (Fsp3) is 0.0833. The Morgan fingerprint density at radius 1 is 1.24 bits per heavy atom. The first kappa shape index (κ1) is 11.5. The molecule has 0 bridgehead atoms. The fourth-order valence-corrected chi connectivity index (χ4v) is 1.54. The number of anilines is 1. The molecule has 0 unspecified atom stereocenters. The van der Waals surface area contributed by atoms with E-state index < -0.39 is 0 Å². The van der Waals surface area contributed by atoms with Gasteiger partial charge in [0.15, 0.2) is 0 Å². The number of hydrogen-bond acceptors (Lipinski definition) is 3. The van der Waals surface area contributed by atoms with E-state index in [9.17, 15) is 4.79 Å². The largest absolute Gasteiger partial charge is 0.322 e. The van der Waals surface area contributed by atoms with Gasteiger partial charge in [0.25, 0.3) is 5.91 Å². The molecule has 2 heterocycles. The Hall–Kier alpha value is -1.94. The molecular formula is C12H10ClN3O. The highest BCUT2D eigenvalue weighted by Gasteiger charge is 2.06. The molecule has 0 radical (unpaired) electrons. The van der Waals surface area contributed by atoms with Crippen LogP contribution >= 0.6 is 11.6 Å². The summed E-state index contributed by atoms with van der Waals surface area (Å²) in [6, 6.07) is 6.65.